The van der Waals surface area contributed by atoms with Gasteiger partial charge >= 0.3 is 0 Å². The topological polar surface area (TPSA) is 66.1 Å². The third kappa shape index (κ3) is 4.12. The molecule has 0 aliphatic rings. The molecule has 5 nitrogen and oxygen atoms in total. The van der Waals surface area contributed by atoms with Crippen LogP contribution in [0.5, 0.6) is 0 Å². The number of hydrogen-bond donors (Lipinski definition) is 1. The van der Waals surface area contributed by atoms with E-state index in [4.69, 9.17) is 0 Å². The Morgan fingerprint density at radius 3 is 2.56 bits per heavy atom. The van der Waals surface area contributed by atoms with E-state index >= 15 is 0 Å². The lowest BCUT2D eigenvalue weighted by Gasteiger charge is -2.22. The standard InChI is InChI=1S/C20H21N3O2/c1-2-19(24)23(13-12-15-8-4-3-5-9-15)14-18-21-17-11-7-6-10-16(17)20(25)22-18/h3-11H,2,12-14H2,1H3,(H,21,22,25). The lowest BCUT2D eigenvalue weighted by Crippen LogP contribution is -2.33. The van der Waals surface area contributed by atoms with E-state index in [1.165, 1.54) is 5.56 Å². The monoisotopic (exact) mass is 335 g/mol. The first-order valence-corrected chi connectivity index (χ1v) is 8.47. The molecule has 0 spiro atoms. The van der Waals surface area contributed by atoms with Crippen LogP contribution in [0.4, 0.5) is 0 Å². The molecule has 0 radical (unpaired) electrons. The molecule has 1 amide bonds. The van der Waals surface area contributed by atoms with Gasteiger partial charge in [-0.15, -0.1) is 0 Å². The molecule has 0 saturated heterocycles. The van der Waals surface area contributed by atoms with Crippen molar-refractivity contribution in [3.05, 3.63) is 76.3 Å². The number of benzene rings is 2. The fourth-order valence-corrected chi connectivity index (χ4v) is 2.81. The zero-order valence-corrected chi connectivity index (χ0v) is 14.2. The van der Waals surface area contributed by atoms with Crippen molar-refractivity contribution in [2.45, 2.75) is 26.3 Å². The minimum absolute atomic E-state index is 0.0479. The van der Waals surface area contributed by atoms with Gasteiger partial charge in [-0.05, 0) is 24.1 Å². The normalized spacial score (nSPS) is 10.8. The predicted molar refractivity (Wildman–Crippen MR) is 98.2 cm³/mol. The summed E-state index contributed by atoms with van der Waals surface area (Å²) in [5, 5.41) is 0.559. The van der Waals surface area contributed by atoms with E-state index in [1.807, 2.05) is 55.5 Å². The van der Waals surface area contributed by atoms with Crippen molar-refractivity contribution < 1.29 is 4.79 Å². The van der Waals surface area contributed by atoms with Gasteiger partial charge in [-0.25, -0.2) is 4.98 Å². The number of rotatable bonds is 6. The van der Waals surface area contributed by atoms with Crippen LogP contribution in [-0.4, -0.2) is 27.3 Å². The number of carbonyl (C=O) groups is 1. The molecule has 0 aliphatic carbocycles. The third-order valence-electron chi connectivity index (χ3n) is 4.17. The third-order valence-corrected chi connectivity index (χ3v) is 4.17. The Hall–Kier alpha value is -2.95. The van der Waals surface area contributed by atoms with Crippen LogP contribution in [0.3, 0.4) is 0 Å². The zero-order chi connectivity index (χ0) is 17.6. The quantitative estimate of drug-likeness (QED) is 0.753. The Labute approximate surface area is 146 Å². The molecule has 0 saturated carbocycles. The number of para-hydroxylation sites is 1. The lowest BCUT2D eigenvalue weighted by atomic mass is 10.1. The molecule has 25 heavy (non-hydrogen) atoms. The Balaban J connectivity index is 1.80. The van der Waals surface area contributed by atoms with Gasteiger partial charge in [0.2, 0.25) is 5.91 Å². The maximum absolute atomic E-state index is 12.3. The highest BCUT2D eigenvalue weighted by Gasteiger charge is 2.14. The van der Waals surface area contributed by atoms with Crippen LogP contribution < -0.4 is 5.56 Å². The number of aromatic nitrogens is 2. The van der Waals surface area contributed by atoms with Gasteiger partial charge in [-0.1, -0.05) is 49.4 Å². The molecule has 3 aromatic rings. The molecule has 2 aromatic carbocycles. The zero-order valence-electron chi connectivity index (χ0n) is 14.2. The van der Waals surface area contributed by atoms with Gasteiger partial charge in [-0.3, -0.25) is 9.59 Å². The average Bonchev–Trinajstić information content (AvgIpc) is 2.65. The summed E-state index contributed by atoms with van der Waals surface area (Å²) in [5.41, 5.74) is 1.65. The first kappa shape index (κ1) is 16.9. The molecule has 0 aliphatic heterocycles. The molecule has 1 heterocycles. The molecule has 3 rings (SSSR count). The lowest BCUT2D eigenvalue weighted by molar-refractivity contribution is -0.131. The molecule has 1 N–H and O–H groups in total. The first-order valence-electron chi connectivity index (χ1n) is 8.47. The Bertz CT molecular complexity index is 919. The summed E-state index contributed by atoms with van der Waals surface area (Å²) >= 11 is 0. The van der Waals surface area contributed by atoms with Crippen LogP contribution in [0.1, 0.15) is 24.7 Å². The van der Waals surface area contributed by atoms with E-state index in [-0.39, 0.29) is 11.5 Å². The highest BCUT2D eigenvalue weighted by atomic mass is 16.2. The maximum atomic E-state index is 12.3. The van der Waals surface area contributed by atoms with Crippen LogP contribution in [0.15, 0.2) is 59.4 Å². The van der Waals surface area contributed by atoms with Crippen LogP contribution >= 0.6 is 0 Å². The average molecular weight is 335 g/mol. The van der Waals surface area contributed by atoms with Crippen molar-refractivity contribution in [2.75, 3.05) is 6.54 Å². The number of fused-ring (bicyclic) bond motifs is 1. The minimum atomic E-state index is -0.174. The van der Waals surface area contributed by atoms with Crippen molar-refractivity contribution in [3.8, 4) is 0 Å². The van der Waals surface area contributed by atoms with Gasteiger partial charge in [0, 0.05) is 13.0 Å². The molecule has 1 aromatic heterocycles. The summed E-state index contributed by atoms with van der Waals surface area (Å²) in [4.78, 5) is 33.5. The number of nitrogens with one attached hydrogen (secondary N) is 1. The molecular formula is C20H21N3O2. The largest absolute Gasteiger partial charge is 0.335 e. The highest BCUT2D eigenvalue weighted by molar-refractivity contribution is 5.77. The second kappa shape index (κ2) is 7.75. The van der Waals surface area contributed by atoms with E-state index < -0.39 is 0 Å². The molecule has 128 valence electrons. The SMILES string of the molecule is CCC(=O)N(CCc1ccccc1)Cc1nc2ccccc2c(=O)[nH]1. The molecule has 0 bridgehead atoms. The van der Waals surface area contributed by atoms with Crippen molar-refractivity contribution in [1.82, 2.24) is 14.9 Å². The summed E-state index contributed by atoms with van der Waals surface area (Å²) in [7, 11) is 0. The molecule has 0 atom stereocenters. The number of H-pyrrole nitrogens is 1. The summed E-state index contributed by atoms with van der Waals surface area (Å²) < 4.78 is 0. The first-order chi connectivity index (χ1) is 12.2. The Morgan fingerprint density at radius 2 is 1.80 bits per heavy atom. The number of nitrogens with zero attached hydrogens (tertiary/aromatic N) is 2. The predicted octanol–water partition coefficient (Wildman–Crippen LogP) is 2.90. The number of amides is 1. The molecule has 0 fully saturated rings. The number of carbonyl (C=O) groups excluding carboxylic acids is 1. The molecule has 0 unspecified atom stereocenters. The fourth-order valence-electron chi connectivity index (χ4n) is 2.81. The van der Waals surface area contributed by atoms with E-state index in [2.05, 4.69) is 9.97 Å². The van der Waals surface area contributed by atoms with Crippen molar-refractivity contribution in [1.29, 1.82) is 0 Å². The van der Waals surface area contributed by atoms with Crippen LogP contribution in [0, 0.1) is 0 Å². The summed E-state index contributed by atoms with van der Waals surface area (Å²) in [5.74, 6) is 0.560. The summed E-state index contributed by atoms with van der Waals surface area (Å²) in [6, 6.07) is 17.3. The van der Waals surface area contributed by atoms with Crippen LogP contribution in [0.2, 0.25) is 0 Å². The minimum Gasteiger partial charge on any atom is -0.335 e. The van der Waals surface area contributed by atoms with Gasteiger partial charge in [0.25, 0.3) is 5.56 Å². The Morgan fingerprint density at radius 1 is 1.08 bits per heavy atom. The fraction of sp³-hybridized carbons (Fsp3) is 0.250. The number of hydrogen-bond acceptors (Lipinski definition) is 3. The van der Waals surface area contributed by atoms with E-state index in [0.717, 1.165) is 6.42 Å². The molecule has 5 heteroatoms. The van der Waals surface area contributed by atoms with Crippen LogP contribution in [0.25, 0.3) is 10.9 Å². The van der Waals surface area contributed by atoms with Gasteiger partial charge in [0.05, 0.1) is 17.4 Å². The van der Waals surface area contributed by atoms with Crippen molar-refractivity contribution >= 4 is 16.8 Å². The van der Waals surface area contributed by atoms with Crippen molar-refractivity contribution in [3.63, 3.8) is 0 Å². The van der Waals surface area contributed by atoms with Gasteiger partial charge in [0.1, 0.15) is 5.82 Å². The van der Waals surface area contributed by atoms with Gasteiger partial charge in [0.15, 0.2) is 0 Å². The molecular weight excluding hydrogens is 314 g/mol. The van der Waals surface area contributed by atoms with Gasteiger partial charge < -0.3 is 9.88 Å². The second-order valence-electron chi connectivity index (χ2n) is 5.93. The van der Waals surface area contributed by atoms with Crippen LogP contribution in [-0.2, 0) is 17.8 Å². The summed E-state index contributed by atoms with van der Waals surface area (Å²) in [6.07, 6.45) is 1.19. The smallest absolute Gasteiger partial charge is 0.258 e. The Kier molecular flexibility index (Phi) is 5.23. The summed E-state index contributed by atoms with van der Waals surface area (Å²) in [6.45, 7) is 2.74. The van der Waals surface area contributed by atoms with Gasteiger partial charge in [-0.2, -0.15) is 0 Å². The number of aromatic amines is 1. The van der Waals surface area contributed by atoms with Crippen molar-refractivity contribution in [2.24, 2.45) is 0 Å². The van der Waals surface area contributed by atoms with E-state index in [0.29, 0.717) is 36.2 Å². The second-order valence-corrected chi connectivity index (χ2v) is 5.93. The maximum Gasteiger partial charge on any atom is 0.258 e. The highest BCUT2D eigenvalue weighted by Crippen LogP contribution is 2.09. The van der Waals surface area contributed by atoms with E-state index in [9.17, 15) is 9.59 Å². The van der Waals surface area contributed by atoms with E-state index in [1.54, 1.807) is 11.0 Å².